The van der Waals surface area contributed by atoms with Crippen LogP contribution in [0.3, 0.4) is 0 Å². The fourth-order valence-electron chi connectivity index (χ4n) is 4.00. The highest BCUT2D eigenvalue weighted by molar-refractivity contribution is 7.80. The number of nitrogens with one attached hydrogen (secondary N) is 2. The van der Waals surface area contributed by atoms with E-state index < -0.39 is 0 Å². The summed E-state index contributed by atoms with van der Waals surface area (Å²) in [7, 11) is 0. The number of ether oxygens (including phenoxy) is 1. The lowest BCUT2D eigenvalue weighted by Crippen LogP contribution is -2.29. The van der Waals surface area contributed by atoms with E-state index in [-0.39, 0.29) is 23.9 Å². The van der Waals surface area contributed by atoms with Crippen LogP contribution in [0.25, 0.3) is 16.6 Å². The number of amides is 1. The van der Waals surface area contributed by atoms with Crippen molar-refractivity contribution >= 4 is 24.1 Å². The van der Waals surface area contributed by atoms with Gasteiger partial charge in [0.1, 0.15) is 17.8 Å². The second-order valence-electron chi connectivity index (χ2n) is 8.43. The van der Waals surface area contributed by atoms with Gasteiger partial charge in [0.05, 0.1) is 29.9 Å². The third kappa shape index (κ3) is 4.59. The Morgan fingerprint density at radius 3 is 2.71 bits per heavy atom. The van der Waals surface area contributed by atoms with Crippen molar-refractivity contribution in [3.63, 3.8) is 0 Å². The molecule has 176 valence electrons. The van der Waals surface area contributed by atoms with E-state index in [1.807, 2.05) is 43.3 Å². The van der Waals surface area contributed by atoms with Crippen LogP contribution in [0, 0.1) is 6.92 Å². The summed E-state index contributed by atoms with van der Waals surface area (Å²) in [5.74, 6) is 0.331. The van der Waals surface area contributed by atoms with Crippen molar-refractivity contribution in [2.45, 2.75) is 45.1 Å². The summed E-state index contributed by atoms with van der Waals surface area (Å²) in [6, 6.07) is 13.4. The number of H-pyrrole nitrogens is 1. The molecule has 0 radical (unpaired) electrons. The van der Waals surface area contributed by atoms with Gasteiger partial charge in [-0.1, -0.05) is 32.0 Å². The summed E-state index contributed by atoms with van der Waals surface area (Å²) in [5, 5.41) is 2.89. The minimum absolute atomic E-state index is 0.0321. The minimum Gasteiger partial charge on any atom is -0.493 e. The van der Waals surface area contributed by atoms with E-state index in [9.17, 15) is 9.59 Å². The lowest BCUT2D eigenvalue weighted by Gasteiger charge is -2.14. The van der Waals surface area contributed by atoms with Gasteiger partial charge in [-0.25, -0.2) is 4.98 Å². The molecule has 0 fully saturated rings. The highest BCUT2D eigenvalue weighted by Crippen LogP contribution is 2.31. The predicted octanol–water partition coefficient (Wildman–Crippen LogP) is 4.74. The van der Waals surface area contributed by atoms with Gasteiger partial charge < -0.3 is 15.0 Å². The highest BCUT2D eigenvalue weighted by atomic mass is 32.1. The molecule has 34 heavy (non-hydrogen) atoms. The first-order valence-corrected chi connectivity index (χ1v) is 11.7. The molecule has 0 saturated carbocycles. The summed E-state index contributed by atoms with van der Waals surface area (Å²) in [6.07, 6.45) is 1.67. The molecule has 4 rings (SSSR count). The van der Waals surface area contributed by atoms with E-state index in [1.165, 1.54) is 0 Å². The number of aromatic nitrogens is 3. The van der Waals surface area contributed by atoms with Gasteiger partial charge in [0.25, 0.3) is 11.5 Å². The number of hydrogen-bond donors (Lipinski definition) is 3. The summed E-state index contributed by atoms with van der Waals surface area (Å²) in [6.45, 7) is 8.23. The van der Waals surface area contributed by atoms with Crippen molar-refractivity contribution in [1.82, 2.24) is 19.7 Å². The number of carbonyl (C=O) groups is 1. The van der Waals surface area contributed by atoms with E-state index in [0.717, 1.165) is 27.2 Å². The lowest BCUT2D eigenvalue weighted by molar-refractivity contribution is 0.0944. The zero-order chi connectivity index (χ0) is 24.4. The van der Waals surface area contributed by atoms with E-state index in [4.69, 9.17) is 4.74 Å². The van der Waals surface area contributed by atoms with Crippen LogP contribution in [0.2, 0.25) is 0 Å². The molecule has 0 aliphatic rings. The van der Waals surface area contributed by atoms with Crippen LogP contribution in [0.5, 0.6) is 5.75 Å². The third-order valence-corrected chi connectivity index (χ3v) is 6.02. The predicted molar refractivity (Wildman–Crippen MR) is 136 cm³/mol. The standard InChI is InChI=1S/C26H28N4O3S/c1-5-33-22-10-16(4)29-25(31)19(22)13-27-26(32)21-12-17(18-8-6-7-9-23(18)34)11-20-24(15(2)3)28-14-30(20)21/h6-12,14-15,34H,5,13H2,1-4H3,(H,27,32)(H,29,31). The molecule has 7 nitrogen and oxygen atoms in total. The van der Waals surface area contributed by atoms with Gasteiger partial charge in [-0.15, -0.1) is 12.6 Å². The van der Waals surface area contributed by atoms with Gasteiger partial charge in [-0.05, 0) is 55.2 Å². The first kappa shape index (κ1) is 23.6. The van der Waals surface area contributed by atoms with Crippen LogP contribution >= 0.6 is 12.6 Å². The normalized spacial score (nSPS) is 11.2. The van der Waals surface area contributed by atoms with E-state index in [0.29, 0.717) is 29.3 Å². The highest BCUT2D eigenvalue weighted by Gasteiger charge is 2.19. The number of aromatic amines is 1. The number of benzene rings is 1. The molecule has 4 aromatic rings. The fraction of sp³-hybridized carbons (Fsp3) is 0.269. The molecule has 0 aliphatic heterocycles. The molecule has 2 N–H and O–H groups in total. The van der Waals surface area contributed by atoms with Crippen molar-refractivity contribution in [2.75, 3.05) is 6.61 Å². The first-order valence-electron chi connectivity index (χ1n) is 11.2. The van der Waals surface area contributed by atoms with Crippen molar-refractivity contribution in [3.8, 4) is 16.9 Å². The minimum atomic E-state index is -0.321. The summed E-state index contributed by atoms with van der Waals surface area (Å²) in [5.41, 5.74) is 4.77. The second-order valence-corrected chi connectivity index (χ2v) is 8.91. The molecule has 0 bridgehead atoms. The molecule has 0 unspecified atom stereocenters. The SMILES string of the molecule is CCOc1cc(C)[nH]c(=O)c1CNC(=O)c1cc(-c2ccccc2S)cc2c(C(C)C)ncn12. The zero-order valence-corrected chi connectivity index (χ0v) is 20.6. The zero-order valence-electron chi connectivity index (χ0n) is 19.7. The van der Waals surface area contributed by atoms with Gasteiger partial charge in [0, 0.05) is 10.6 Å². The van der Waals surface area contributed by atoms with Crippen LogP contribution in [0.4, 0.5) is 0 Å². The van der Waals surface area contributed by atoms with Gasteiger partial charge in [-0.3, -0.25) is 14.0 Å². The van der Waals surface area contributed by atoms with Gasteiger partial charge in [-0.2, -0.15) is 0 Å². The number of pyridine rings is 2. The molecule has 8 heteroatoms. The summed E-state index contributed by atoms with van der Waals surface area (Å²) >= 11 is 4.61. The maximum absolute atomic E-state index is 13.4. The fourth-order valence-corrected chi connectivity index (χ4v) is 4.29. The Bertz CT molecular complexity index is 1420. The molecule has 3 heterocycles. The molecule has 3 aromatic heterocycles. The maximum Gasteiger partial charge on any atom is 0.268 e. The van der Waals surface area contributed by atoms with Gasteiger partial charge >= 0.3 is 0 Å². The smallest absolute Gasteiger partial charge is 0.268 e. The Morgan fingerprint density at radius 1 is 1.24 bits per heavy atom. The molecule has 1 amide bonds. The average molecular weight is 477 g/mol. The number of thiol groups is 1. The second kappa shape index (κ2) is 9.77. The number of rotatable bonds is 7. The van der Waals surface area contributed by atoms with E-state index in [2.05, 4.69) is 41.8 Å². The number of carbonyl (C=O) groups excluding carboxylic acids is 1. The Morgan fingerprint density at radius 2 is 2.00 bits per heavy atom. The number of nitrogens with zero attached hydrogens (tertiary/aromatic N) is 2. The van der Waals surface area contributed by atoms with Crippen LogP contribution in [-0.4, -0.2) is 26.9 Å². The van der Waals surface area contributed by atoms with Crippen molar-refractivity contribution in [3.05, 3.63) is 81.8 Å². The summed E-state index contributed by atoms with van der Waals surface area (Å²) in [4.78, 5) is 34.1. The van der Waals surface area contributed by atoms with E-state index >= 15 is 0 Å². The van der Waals surface area contributed by atoms with Crippen molar-refractivity contribution < 1.29 is 9.53 Å². The van der Waals surface area contributed by atoms with Crippen LogP contribution in [-0.2, 0) is 6.54 Å². The molecule has 1 aromatic carbocycles. The number of fused-ring (bicyclic) bond motifs is 1. The average Bonchev–Trinajstić information content (AvgIpc) is 3.22. The largest absolute Gasteiger partial charge is 0.493 e. The topological polar surface area (TPSA) is 88.5 Å². The van der Waals surface area contributed by atoms with Crippen molar-refractivity contribution in [1.29, 1.82) is 0 Å². The molecular weight excluding hydrogens is 448 g/mol. The Kier molecular flexibility index (Phi) is 6.79. The summed E-state index contributed by atoms with van der Waals surface area (Å²) < 4.78 is 7.42. The molecule has 0 atom stereocenters. The lowest BCUT2D eigenvalue weighted by atomic mass is 10.0. The molecule has 0 aliphatic carbocycles. The monoisotopic (exact) mass is 476 g/mol. The van der Waals surface area contributed by atoms with Crippen LogP contribution < -0.4 is 15.6 Å². The van der Waals surface area contributed by atoms with E-state index in [1.54, 1.807) is 23.7 Å². The van der Waals surface area contributed by atoms with Gasteiger partial charge in [0.15, 0.2) is 0 Å². The number of hydrogen-bond acceptors (Lipinski definition) is 5. The number of aryl methyl sites for hydroxylation is 1. The molecular formula is C26H28N4O3S. The van der Waals surface area contributed by atoms with Crippen LogP contribution in [0.1, 0.15) is 54.1 Å². The molecule has 0 spiro atoms. The first-order chi connectivity index (χ1) is 16.3. The van der Waals surface area contributed by atoms with Gasteiger partial charge in [0.2, 0.25) is 0 Å². The Hall–Kier alpha value is -3.52. The Labute approximate surface area is 203 Å². The quantitative estimate of drug-likeness (QED) is 0.336. The molecule has 0 saturated heterocycles. The number of imidazole rings is 1. The van der Waals surface area contributed by atoms with Crippen LogP contribution in [0.15, 0.2) is 58.5 Å². The van der Waals surface area contributed by atoms with Crippen molar-refractivity contribution in [2.24, 2.45) is 0 Å². The maximum atomic E-state index is 13.4. The Balaban J connectivity index is 1.76. The third-order valence-electron chi connectivity index (χ3n) is 5.63.